The lowest BCUT2D eigenvalue weighted by Crippen LogP contribution is -2.39. The maximum atomic E-state index is 10.6. The van der Waals surface area contributed by atoms with Crippen molar-refractivity contribution in [1.29, 1.82) is 0 Å². The highest BCUT2D eigenvalue weighted by Gasteiger charge is 2.23. The Hall–Kier alpha value is -1.44. The third-order valence-corrected chi connectivity index (χ3v) is 5.68. The molecule has 7 heteroatoms. The summed E-state index contributed by atoms with van der Waals surface area (Å²) in [7, 11) is 0. The number of aryl methyl sites for hydroxylation is 1. The van der Waals surface area contributed by atoms with Gasteiger partial charge in [-0.3, -0.25) is 0 Å². The quantitative estimate of drug-likeness (QED) is 0.496. The molecule has 0 aliphatic heterocycles. The Morgan fingerprint density at radius 2 is 2.17 bits per heavy atom. The zero-order valence-electron chi connectivity index (χ0n) is 14.5. The number of thiophene rings is 1. The van der Waals surface area contributed by atoms with E-state index in [0.29, 0.717) is 6.54 Å². The highest BCUT2D eigenvalue weighted by atomic mass is 32.1. The Morgan fingerprint density at radius 1 is 1.33 bits per heavy atom. The van der Waals surface area contributed by atoms with Crippen molar-refractivity contribution in [3.8, 4) is 0 Å². The van der Waals surface area contributed by atoms with Crippen molar-refractivity contribution in [2.24, 2.45) is 4.99 Å². The Bertz CT molecular complexity index is 635. The average molecular weight is 367 g/mol. The lowest BCUT2D eigenvalue weighted by atomic mass is 10.1. The van der Waals surface area contributed by atoms with Crippen LogP contribution in [0.15, 0.2) is 27.9 Å². The smallest absolute Gasteiger partial charge is 0.191 e. The molecule has 2 aromatic rings. The monoisotopic (exact) mass is 366 g/mol. The number of guanidine groups is 1. The first-order valence-corrected chi connectivity index (χ1v) is 10.0. The topological polar surface area (TPSA) is 69.5 Å². The van der Waals surface area contributed by atoms with E-state index in [2.05, 4.69) is 32.9 Å². The molecule has 0 amide bonds. The lowest BCUT2D eigenvalue weighted by molar-refractivity contribution is 0.0711. The SMILES string of the molecule is CCNC(=NCC(C)(O)c1cccs1)NCCc1csc(CC)n1. The second-order valence-electron chi connectivity index (χ2n) is 5.71. The van der Waals surface area contributed by atoms with Crippen molar-refractivity contribution >= 4 is 28.6 Å². The van der Waals surface area contributed by atoms with Crippen LogP contribution in [0.2, 0.25) is 0 Å². The van der Waals surface area contributed by atoms with E-state index >= 15 is 0 Å². The molecule has 2 aromatic heterocycles. The predicted molar refractivity (Wildman–Crippen MR) is 103 cm³/mol. The Balaban J connectivity index is 1.88. The molecule has 0 radical (unpaired) electrons. The van der Waals surface area contributed by atoms with Crippen LogP contribution in [0.1, 0.15) is 36.3 Å². The van der Waals surface area contributed by atoms with E-state index in [1.165, 1.54) is 5.01 Å². The van der Waals surface area contributed by atoms with E-state index in [-0.39, 0.29) is 0 Å². The van der Waals surface area contributed by atoms with Gasteiger partial charge in [0.05, 0.1) is 17.2 Å². The molecule has 1 unspecified atom stereocenters. The summed E-state index contributed by atoms with van der Waals surface area (Å²) in [4.78, 5) is 10.0. The van der Waals surface area contributed by atoms with Crippen LogP contribution in [0.5, 0.6) is 0 Å². The van der Waals surface area contributed by atoms with Gasteiger partial charge in [0.1, 0.15) is 5.60 Å². The fourth-order valence-corrected chi connectivity index (χ4v) is 3.73. The molecular weight excluding hydrogens is 340 g/mol. The molecule has 0 aromatic carbocycles. The van der Waals surface area contributed by atoms with Crippen LogP contribution in [0.4, 0.5) is 0 Å². The molecular formula is C17H26N4OS2. The van der Waals surface area contributed by atoms with E-state index < -0.39 is 5.60 Å². The number of hydrogen-bond acceptors (Lipinski definition) is 5. The predicted octanol–water partition coefficient (Wildman–Crippen LogP) is 2.77. The molecule has 0 spiro atoms. The summed E-state index contributed by atoms with van der Waals surface area (Å²) in [5.41, 5.74) is 0.173. The van der Waals surface area contributed by atoms with Crippen LogP contribution in [-0.4, -0.2) is 35.7 Å². The molecule has 2 rings (SSSR count). The Morgan fingerprint density at radius 3 is 2.79 bits per heavy atom. The first-order chi connectivity index (χ1) is 11.5. The number of aromatic nitrogens is 1. The highest BCUT2D eigenvalue weighted by molar-refractivity contribution is 7.10. The first-order valence-electron chi connectivity index (χ1n) is 8.27. The fourth-order valence-electron chi connectivity index (χ4n) is 2.17. The van der Waals surface area contributed by atoms with Gasteiger partial charge in [-0.15, -0.1) is 22.7 Å². The summed E-state index contributed by atoms with van der Waals surface area (Å²) in [6.45, 7) is 7.81. The molecule has 0 fully saturated rings. The van der Waals surface area contributed by atoms with Crippen LogP contribution in [0, 0.1) is 0 Å². The van der Waals surface area contributed by atoms with Crippen molar-refractivity contribution in [1.82, 2.24) is 15.6 Å². The standard InChI is InChI=1S/C17H26N4OS2/c1-4-15-21-13(11-24-15)8-9-19-16(18-5-2)20-12-17(3,22)14-7-6-10-23-14/h6-7,10-11,22H,4-5,8-9,12H2,1-3H3,(H2,18,19,20). The van der Waals surface area contributed by atoms with Gasteiger partial charge in [0.25, 0.3) is 0 Å². The number of thiazole rings is 1. The molecule has 0 aliphatic carbocycles. The van der Waals surface area contributed by atoms with E-state index in [1.807, 2.05) is 24.4 Å². The second kappa shape index (κ2) is 9.15. The maximum Gasteiger partial charge on any atom is 0.191 e. The molecule has 24 heavy (non-hydrogen) atoms. The summed E-state index contributed by atoms with van der Waals surface area (Å²) in [6, 6.07) is 3.88. The molecule has 0 saturated carbocycles. The van der Waals surface area contributed by atoms with Gasteiger partial charge in [0, 0.05) is 29.8 Å². The van der Waals surface area contributed by atoms with Gasteiger partial charge in [-0.05, 0) is 31.7 Å². The summed E-state index contributed by atoms with van der Waals surface area (Å²) in [5.74, 6) is 0.722. The van der Waals surface area contributed by atoms with Crippen LogP contribution >= 0.6 is 22.7 Å². The van der Waals surface area contributed by atoms with E-state index in [4.69, 9.17) is 0 Å². The van der Waals surface area contributed by atoms with Crippen LogP contribution in [0.3, 0.4) is 0 Å². The van der Waals surface area contributed by atoms with Gasteiger partial charge in [-0.2, -0.15) is 0 Å². The Labute approximate surface area is 151 Å². The first kappa shape index (κ1) is 18.9. The fraction of sp³-hybridized carbons (Fsp3) is 0.529. The number of nitrogens with zero attached hydrogens (tertiary/aromatic N) is 2. The normalized spacial score (nSPS) is 14.4. The Kier molecular flexibility index (Phi) is 7.20. The van der Waals surface area contributed by atoms with Gasteiger partial charge < -0.3 is 15.7 Å². The van der Waals surface area contributed by atoms with Gasteiger partial charge in [-0.1, -0.05) is 13.0 Å². The molecule has 1 atom stereocenters. The molecule has 5 nitrogen and oxygen atoms in total. The molecule has 2 heterocycles. The second-order valence-corrected chi connectivity index (χ2v) is 7.60. The van der Waals surface area contributed by atoms with Crippen molar-refractivity contribution in [2.45, 2.75) is 39.2 Å². The van der Waals surface area contributed by atoms with Crippen LogP contribution in [-0.2, 0) is 18.4 Å². The van der Waals surface area contributed by atoms with Crippen molar-refractivity contribution in [3.05, 3.63) is 38.5 Å². The summed E-state index contributed by atoms with van der Waals surface area (Å²) in [5, 5.41) is 22.4. The lowest BCUT2D eigenvalue weighted by Gasteiger charge is -2.20. The minimum atomic E-state index is -0.943. The van der Waals surface area contributed by atoms with Gasteiger partial charge in [0.15, 0.2) is 5.96 Å². The number of rotatable bonds is 8. The van der Waals surface area contributed by atoms with Crippen LogP contribution < -0.4 is 10.6 Å². The minimum Gasteiger partial charge on any atom is -0.383 e. The summed E-state index contributed by atoms with van der Waals surface area (Å²) < 4.78 is 0. The molecule has 132 valence electrons. The third-order valence-electron chi connectivity index (χ3n) is 3.52. The van der Waals surface area contributed by atoms with Crippen molar-refractivity contribution < 1.29 is 5.11 Å². The van der Waals surface area contributed by atoms with E-state index in [0.717, 1.165) is 42.5 Å². The number of nitrogens with one attached hydrogen (secondary N) is 2. The molecule has 0 aliphatic rings. The number of aliphatic hydroxyl groups is 1. The van der Waals surface area contributed by atoms with Crippen molar-refractivity contribution in [2.75, 3.05) is 19.6 Å². The highest BCUT2D eigenvalue weighted by Crippen LogP contribution is 2.25. The van der Waals surface area contributed by atoms with E-state index in [9.17, 15) is 5.11 Å². The summed E-state index contributed by atoms with van der Waals surface area (Å²) in [6.07, 6.45) is 1.85. The zero-order valence-corrected chi connectivity index (χ0v) is 16.1. The minimum absolute atomic E-state index is 0.319. The zero-order chi connectivity index (χ0) is 17.4. The van der Waals surface area contributed by atoms with Gasteiger partial charge >= 0.3 is 0 Å². The van der Waals surface area contributed by atoms with Crippen LogP contribution in [0.25, 0.3) is 0 Å². The molecule has 3 N–H and O–H groups in total. The maximum absolute atomic E-state index is 10.6. The molecule has 0 bridgehead atoms. The van der Waals surface area contributed by atoms with Gasteiger partial charge in [-0.25, -0.2) is 9.98 Å². The third kappa shape index (κ3) is 5.58. The van der Waals surface area contributed by atoms with Gasteiger partial charge in [0.2, 0.25) is 0 Å². The number of hydrogen-bond donors (Lipinski definition) is 3. The van der Waals surface area contributed by atoms with E-state index in [1.54, 1.807) is 29.6 Å². The summed E-state index contributed by atoms with van der Waals surface area (Å²) >= 11 is 3.26. The molecule has 0 saturated heterocycles. The largest absolute Gasteiger partial charge is 0.383 e. The number of aliphatic imine (C=N–C) groups is 1. The average Bonchev–Trinajstić information content (AvgIpc) is 3.24. The van der Waals surface area contributed by atoms with Crippen molar-refractivity contribution in [3.63, 3.8) is 0 Å².